The Bertz CT molecular complexity index is 1200. The Morgan fingerprint density at radius 1 is 1.03 bits per heavy atom. The van der Waals surface area contributed by atoms with E-state index in [4.69, 9.17) is 4.74 Å². The molecule has 0 unspecified atom stereocenters. The molecule has 2 aliphatic rings. The fraction of sp³-hybridized carbons (Fsp3) is 0.375. The highest BCUT2D eigenvalue weighted by Gasteiger charge is 2.35. The Labute approximate surface area is 187 Å². The number of amides is 1. The van der Waals surface area contributed by atoms with E-state index >= 15 is 0 Å². The van der Waals surface area contributed by atoms with Gasteiger partial charge in [-0.15, -0.1) is 0 Å². The molecule has 8 heteroatoms. The number of benzene rings is 2. The van der Waals surface area contributed by atoms with Gasteiger partial charge in [-0.3, -0.25) is 9.59 Å². The fourth-order valence-electron chi connectivity index (χ4n) is 4.46. The molecule has 7 nitrogen and oxygen atoms in total. The fourth-order valence-corrected chi connectivity index (χ4v) is 6.14. The summed E-state index contributed by atoms with van der Waals surface area (Å²) in [4.78, 5) is 37.2. The summed E-state index contributed by atoms with van der Waals surface area (Å²) in [5, 5.41) is 2.93. The number of fused-ring (bicyclic) bond motifs is 2. The summed E-state index contributed by atoms with van der Waals surface area (Å²) in [5.74, 6) is -0.773. The first-order chi connectivity index (χ1) is 15.2. The van der Waals surface area contributed by atoms with Gasteiger partial charge >= 0.3 is 5.97 Å². The van der Waals surface area contributed by atoms with Crippen LogP contribution < -0.4 is 5.32 Å². The van der Waals surface area contributed by atoms with Crippen LogP contribution in [0.1, 0.15) is 59.4 Å². The highest BCUT2D eigenvalue weighted by atomic mass is 32.2. The van der Waals surface area contributed by atoms with Crippen LogP contribution in [0.15, 0.2) is 52.3 Å². The maximum absolute atomic E-state index is 13.0. The van der Waals surface area contributed by atoms with Crippen molar-refractivity contribution in [1.82, 2.24) is 5.32 Å². The Balaban J connectivity index is 1.47. The van der Waals surface area contributed by atoms with Gasteiger partial charge in [-0.1, -0.05) is 38.8 Å². The lowest BCUT2D eigenvalue weighted by molar-refractivity contribution is -0.125. The third-order valence-corrected chi connectivity index (χ3v) is 8.41. The molecule has 168 valence electrons. The summed E-state index contributed by atoms with van der Waals surface area (Å²) in [6, 6.07) is 9.81. The van der Waals surface area contributed by atoms with Crippen LogP contribution in [0.4, 0.5) is 0 Å². The molecule has 1 N–H and O–H groups in total. The van der Waals surface area contributed by atoms with Crippen LogP contribution in [0.3, 0.4) is 0 Å². The second-order valence-electron chi connectivity index (χ2n) is 8.56. The Hall–Kier alpha value is -3.00. The van der Waals surface area contributed by atoms with E-state index in [0.29, 0.717) is 11.8 Å². The van der Waals surface area contributed by atoms with Gasteiger partial charge < -0.3 is 10.1 Å². The molecule has 4 rings (SSSR count). The molecule has 0 aromatic heterocycles. The summed E-state index contributed by atoms with van der Waals surface area (Å²) in [5.41, 5.74) is 0.0867. The molecular weight excluding hydrogens is 430 g/mol. The SMILES string of the molecule is C[C@@H]1[C@H](C)CCC[C@@H]1NC(=O)COC(=O)c1ccc2c(c1)S(=O)(=O)c1ccccc1C2=O. The monoisotopic (exact) mass is 455 g/mol. The van der Waals surface area contributed by atoms with Crippen molar-refractivity contribution in [3.8, 4) is 0 Å². The molecule has 1 saturated carbocycles. The smallest absolute Gasteiger partial charge is 0.338 e. The molecule has 1 amide bonds. The van der Waals surface area contributed by atoms with Gasteiger partial charge in [0.2, 0.25) is 9.84 Å². The Morgan fingerprint density at radius 2 is 1.75 bits per heavy atom. The first-order valence-corrected chi connectivity index (χ1v) is 12.2. The van der Waals surface area contributed by atoms with Crippen LogP contribution in [-0.4, -0.2) is 38.7 Å². The van der Waals surface area contributed by atoms with Crippen molar-refractivity contribution < 1.29 is 27.5 Å². The molecule has 0 saturated heterocycles. The van der Waals surface area contributed by atoms with Crippen molar-refractivity contribution in [2.24, 2.45) is 11.8 Å². The predicted molar refractivity (Wildman–Crippen MR) is 116 cm³/mol. The van der Waals surface area contributed by atoms with E-state index in [1.54, 1.807) is 12.1 Å². The number of nitrogens with one attached hydrogen (secondary N) is 1. The minimum absolute atomic E-state index is 0.0124. The van der Waals surface area contributed by atoms with Crippen molar-refractivity contribution >= 4 is 27.5 Å². The molecule has 3 atom stereocenters. The second-order valence-corrected chi connectivity index (χ2v) is 10.4. The van der Waals surface area contributed by atoms with Crippen molar-refractivity contribution in [3.05, 3.63) is 59.2 Å². The first kappa shape index (κ1) is 22.2. The van der Waals surface area contributed by atoms with Gasteiger partial charge in [0.1, 0.15) is 0 Å². The summed E-state index contributed by atoms with van der Waals surface area (Å²) in [7, 11) is -3.96. The van der Waals surface area contributed by atoms with Gasteiger partial charge in [-0.2, -0.15) is 0 Å². The number of rotatable bonds is 4. The third kappa shape index (κ3) is 3.95. The number of ketones is 1. The normalized spacial score (nSPS) is 23.6. The van der Waals surface area contributed by atoms with Gasteiger partial charge in [0, 0.05) is 17.2 Å². The van der Waals surface area contributed by atoms with E-state index < -0.39 is 28.2 Å². The summed E-state index contributed by atoms with van der Waals surface area (Å²) >= 11 is 0. The minimum Gasteiger partial charge on any atom is -0.452 e. The van der Waals surface area contributed by atoms with Crippen molar-refractivity contribution in [2.45, 2.75) is 48.9 Å². The lowest BCUT2D eigenvalue weighted by Gasteiger charge is -2.34. The van der Waals surface area contributed by atoms with E-state index in [1.165, 1.54) is 24.3 Å². The number of sulfone groups is 1. The lowest BCUT2D eigenvalue weighted by atomic mass is 9.78. The maximum Gasteiger partial charge on any atom is 0.338 e. The third-order valence-electron chi connectivity index (χ3n) is 6.56. The van der Waals surface area contributed by atoms with E-state index in [9.17, 15) is 22.8 Å². The highest BCUT2D eigenvalue weighted by Crippen LogP contribution is 2.35. The van der Waals surface area contributed by atoms with E-state index in [0.717, 1.165) is 25.3 Å². The van der Waals surface area contributed by atoms with E-state index in [1.807, 2.05) is 0 Å². The predicted octanol–water partition coefficient (Wildman–Crippen LogP) is 3.16. The zero-order valence-corrected chi connectivity index (χ0v) is 18.8. The summed E-state index contributed by atoms with van der Waals surface area (Å²) in [6.45, 7) is 3.81. The lowest BCUT2D eigenvalue weighted by Crippen LogP contribution is -2.45. The minimum atomic E-state index is -3.96. The van der Waals surface area contributed by atoms with Crippen LogP contribution >= 0.6 is 0 Å². The molecule has 1 heterocycles. The van der Waals surface area contributed by atoms with Crippen molar-refractivity contribution in [2.75, 3.05) is 6.61 Å². The number of carbonyl (C=O) groups is 3. The quantitative estimate of drug-likeness (QED) is 0.606. The molecule has 2 aromatic carbocycles. The van der Waals surface area contributed by atoms with Crippen LogP contribution in [-0.2, 0) is 19.4 Å². The zero-order chi connectivity index (χ0) is 23.0. The second kappa shape index (κ2) is 8.50. The van der Waals surface area contributed by atoms with Gasteiger partial charge in [-0.05, 0) is 48.6 Å². The number of hydrogen-bond acceptors (Lipinski definition) is 6. The molecule has 0 bridgehead atoms. The zero-order valence-electron chi connectivity index (χ0n) is 18.0. The summed E-state index contributed by atoms with van der Waals surface area (Å²) < 4.78 is 31.1. The highest BCUT2D eigenvalue weighted by molar-refractivity contribution is 7.91. The number of ether oxygens (including phenoxy) is 1. The van der Waals surface area contributed by atoms with Crippen LogP contribution in [0.25, 0.3) is 0 Å². The molecule has 1 fully saturated rings. The largest absolute Gasteiger partial charge is 0.452 e. The van der Waals surface area contributed by atoms with Gasteiger partial charge in [-0.25, -0.2) is 13.2 Å². The van der Waals surface area contributed by atoms with Gasteiger partial charge in [0.05, 0.1) is 15.4 Å². The van der Waals surface area contributed by atoms with Crippen molar-refractivity contribution in [3.63, 3.8) is 0 Å². The Kier molecular flexibility index (Phi) is 5.90. The van der Waals surface area contributed by atoms with Crippen molar-refractivity contribution in [1.29, 1.82) is 0 Å². The number of esters is 1. The molecule has 0 spiro atoms. The average Bonchev–Trinajstić information content (AvgIpc) is 2.79. The van der Waals surface area contributed by atoms with E-state index in [-0.39, 0.29) is 38.4 Å². The molecule has 32 heavy (non-hydrogen) atoms. The van der Waals surface area contributed by atoms with Crippen LogP contribution in [0.2, 0.25) is 0 Å². The maximum atomic E-state index is 13.0. The van der Waals surface area contributed by atoms with Gasteiger partial charge in [0.15, 0.2) is 12.4 Å². The Morgan fingerprint density at radius 3 is 2.53 bits per heavy atom. The standard InChI is InChI=1S/C24H25NO6S/c1-14-6-5-8-19(15(14)2)25-22(26)13-31-24(28)16-10-11-18-21(12-16)32(29,30)20-9-4-3-7-17(20)23(18)27/h3-4,7,9-12,14-15,19H,5-6,8,13H2,1-2H3,(H,25,26)/t14-,15-,19+/m1/s1. The van der Waals surface area contributed by atoms with Crippen LogP contribution in [0.5, 0.6) is 0 Å². The molecular formula is C24H25NO6S. The van der Waals surface area contributed by atoms with Gasteiger partial charge in [0.25, 0.3) is 5.91 Å². The molecule has 0 radical (unpaired) electrons. The first-order valence-electron chi connectivity index (χ1n) is 10.7. The average molecular weight is 456 g/mol. The molecule has 1 aliphatic heterocycles. The summed E-state index contributed by atoms with van der Waals surface area (Å²) in [6.07, 6.45) is 3.07. The van der Waals surface area contributed by atoms with Crippen LogP contribution in [0, 0.1) is 11.8 Å². The molecule has 1 aliphatic carbocycles. The number of carbonyl (C=O) groups excluding carboxylic acids is 3. The van der Waals surface area contributed by atoms with E-state index in [2.05, 4.69) is 19.2 Å². The molecule has 2 aromatic rings. The topological polar surface area (TPSA) is 107 Å². The number of hydrogen-bond donors (Lipinski definition) is 1.